The molecular formula is C19H29N3O4S. The van der Waals surface area contributed by atoms with Crippen LogP contribution < -0.4 is 5.32 Å². The number of sulfone groups is 1. The van der Waals surface area contributed by atoms with Crippen molar-refractivity contribution in [2.24, 2.45) is 0 Å². The minimum Gasteiger partial charge on any atom is -0.355 e. The number of carbonyl (C=O) groups is 2. The maximum Gasteiger partial charge on any atom is 0.255 e. The van der Waals surface area contributed by atoms with E-state index in [0.29, 0.717) is 32.7 Å². The summed E-state index contributed by atoms with van der Waals surface area (Å²) in [6, 6.07) is 6.41. The highest BCUT2D eigenvalue weighted by atomic mass is 32.2. The maximum absolute atomic E-state index is 13.0. The van der Waals surface area contributed by atoms with Crippen molar-refractivity contribution in [2.75, 3.05) is 39.3 Å². The van der Waals surface area contributed by atoms with Gasteiger partial charge in [0.2, 0.25) is 5.91 Å². The Balaban J connectivity index is 2.14. The van der Waals surface area contributed by atoms with Gasteiger partial charge in [0.1, 0.15) is 0 Å². The van der Waals surface area contributed by atoms with Crippen molar-refractivity contribution < 1.29 is 18.0 Å². The molecule has 150 valence electrons. The normalized spacial score (nSPS) is 16.2. The molecule has 1 N–H and O–H groups in total. The predicted octanol–water partition coefficient (Wildman–Crippen LogP) is 1.15. The molecule has 1 saturated heterocycles. The minimum absolute atomic E-state index is 0.0225. The van der Waals surface area contributed by atoms with Crippen molar-refractivity contribution in [3.63, 3.8) is 0 Å². The Kier molecular flexibility index (Phi) is 7.38. The number of carbonyl (C=O) groups excluding carboxylic acids is 2. The third-order valence-corrected chi connectivity index (χ3v) is 6.87. The second-order valence-electron chi connectivity index (χ2n) is 6.97. The van der Waals surface area contributed by atoms with Crippen LogP contribution >= 0.6 is 0 Å². The topological polar surface area (TPSA) is 86.8 Å². The monoisotopic (exact) mass is 395 g/mol. The standard InChI is InChI=1S/C19H29N3O4S/c1-4-20-18(23)14-21-10-7-11-22(13-12-21)19(24)16-8-5-6-9-17(16)27(25,26)15(2)3/h5-6,8-9,15H,4,7,10-14H2,1-3H3,(H,20,23). The number of nitrogens with zero attached hydrogens (tertiary/aromatic N) is 2. The second-order valence-corrected chi connectivity index (χ2v) is 9.44. The first-order chi connectivity index (χ1) is 12.8. The van der Waals surface area contributed by atoms with Crippen LogP contribution in [0.4, 0.5) is 0 Å². The molecule has 0 saturated carbocycles. The molecule has 0 bridgehead atoms. The van der Waals surface area contributed by atoms with Gasteiger partial charge in [-0.25, -0.2) is 8.42 Å². The van der Waals surface area contributed by atoms with E-state index in [-0.39, 0.29) is 22.3 Å². The molecule has 0 atom stereocenters. The fourth-order valence-electron chi connectivity index (χ4n) is 3.10. The second kappa shape index (κ2) is 9.32. The zero-order chi connectivity index (χ0) is 20.0. The summed E-state index contributed by atoms with van der Waals surface area (Å²) in [5.74, 6) is -0.291. The zero-order valence-corrected chi connectivity index (χ0v) is 17.1. The van der Waals surface area contributed by atoms with Crippen LogP contribution in [0.2, 0.25) is 0 Å². The average Bonchev–Trinajstić information content (AvgIpc) is 2.86. The lowest BCUT2D eigenvalue weighted by molar-refractivity contribution is -0.122. The van der Waals surface area contributed by atoms with Gasteiger partial charge in [-0.15, -0.1) is 0 Å². The lowest BCUT2D eigenvalue weighted by atomic mass is 10.2. The van der Waals surface area contributed by atoms with Gasteiger partial charge < -0.3 is 10.2 Å². The van der Waals surface area contributed by atoms with E-state index in [1.54, 1.807) is 36.9 Å². The number of hydrogen-bond donors (Lipinski definition) is 1. The van der Waals surface area contributed by atoms with Crippen LogP contribution in [0.25, 0.3) is 0 Å². The Morgan fingerprint density at radius 2 is 1.81 bits per heavy atom. The lowest BCUT2D eigenvalue weighted by Gasteiger charge is -2.23. The molecule has 2 amide bonds. The number of likely N-dealkylation sites (N-methyl/N-ethyl adjacent to an activating group) is 1. The molecule has 8 heteroatoms. The first-order valence-corrected chi connectivity index (χ1v) is 10.9. The molecule has 1 aliphatic rings. The van der Waals surface area contributed by atoms with Gasteiger partial charge in [0, 0.05) is 32.7 Å². The minimum atomic E-state index is -3.54. The quantitative estimate of drug-likeness (QED) is 0.781. The Morgan fingerprint density at radius 3 is 2.48 bits per heavy atom. The molecular weight excluding hydrogens is 366 g/mol. The molecule has 0 spiro atoms. The van der Waals surface area contributed by atoms with Crippen molar-refractivity contribution in [1.82, 2.24) is 15.1 Å². The number of benzene rings is 1. The largest absolute Gasteiger partial charge is 0.355 e. The summed E-state index contributed by atoms with van der Waals surface area (Å²) in [5, 5.41) is 2.19. The van der Waals surface area contributed by atoms with Crippen LogP contribution in [-0.4, -0.2) is 74.6 Å². The molecule has 2 rings (SSSR count). The molecule has 0 unspecified atom stereocenters. The molecule has 0 aromatic heterocycles. The summed E-state index contributed by atoms with van der Waals surface area (Å²) in [5.41, 5.74) is 0.225. The molecule has 1 fully saturated rings. The Morgan fingerprint density at radius 1 is 1.11 bits per heavy atom. The first kappa shape index (κ1) is 21.4. The molecule has 0 aliphatic carbocycles. The first-order valence-electron chi connectivity index (χ1n) is 9.38. The Labute approximate surface area is 161 Å². The number of amides is 2. The molecule has 0 radical (unpaired) electrons. The van der Waals surface area contributed by atoms with E-state index < -0.39 is 15.1 Å². The Bertz CT molecular complexity index is 777. The molecule has 1 aliphatic heterocycles. The predicted molar refractivity (Wildman–Crippen MR) is 104 cm³/mol. The molecule has 7 nitrogen and oxygen atoms in total. The number of hydrogen-bond acceptors (Lipinski definition) is 5. The summed E-state index contributed by atoms with van der Waals surface area (Å²) in [7, 11) is -3.54. The van der Waals surface area contributed by atoms with E-state index in [1.165, 1.54) is 6.07 Å². The van der Waals surface area contributed by atoms with Crippen LogP contribution in [0.1, 0.15) is 37.6 Å². The van der Waals surface area contributed by atoms with Crippen LogP contribution in [0.5, 0.6) is 0 Å². The maximum atomic E-state index is 13.0. The Hall–Kier alpha value is -1.93. The van der Waals surface area contributed by atoms with E-state index in [9.17, 15) is 18.0 Å². The lowest BCUT2D eigenvalue weighted by Crippen LogP contribution is -2.40. The van der Waals surface area contributed by atoms with Crippen LogP contribution in [0.3, 0.4) is 0 Å². The SMILES string of the molecule is CCNC(=O)CN1CCCN(C(=O)c2ccccc2S(=O)(=O)C(C)C)CC1. The number of rotatable bonds is 6. The van der Waals surface area contributed by atoms with Gasteiger partial charge in [0.15, 0.2) is 9.84 Å². The van der Waals surface area contributed by atoms with Crippen LogP contribution in [0, 0.1) is 0 Å². The molecule has 1 aromatic rings. The average molecular weight is 396 g/mol. The molecule has 1 heterocycles. The zero-order valence-electron chi connectivity index (χ0n) is 16.3. The van der Waals surface area contributed by atoms with Gasteiger partial charge in [-0.2, -0.15) is 0 Å². The summed E-state index contributed by atoms with van der Waals surface area (Å²) < 4.78 is 25.2. The third-order valence-electron chi connectivity index (χ3n) is 4.66. The van der Waals surface area contributed by atoms with Crippen molar-refractivity contribution >= 4 is 21.7 Å². The van der Waals surface area contributed by atoms with Crippen molar-refractivity contribution in [1.29, 1.82) is 0 Å². The van der Waals surface area contributed by atoms with Crippen LogP contribution in [-0.2, 0) is 14.6 Å². The van der Waals surface area contributed by atoms with Gasteiger partial charge in [0.25, 0.3) is 5.91 Å². The van der Waals surface area contributed by atoms with Gasteiger partial charge in [-0.05, 0) is 39.3 Å². The van der Waals surface area contributed by atoms with E-state index in [2.05, 4.69) is 5.32 Å². The summed E-state index contributed by atoms with van der Waals surface area (Å²) in [4.78, 5) is 28.6. The van der Waals surface area contributed by atoms with Gasteiger partial charge >= 0.3 is 0 Å². The fourth-order valence-corrected chi connectivity index (χ4v) is 4.34. The highest BCUT2D eigenvalue weighted by Crippen LogP contribution is 2.22. The van der Waals surface area contributed by atoms with Gasteiger partial charge in [0.05, 0.1) is 22.3 Å². The summed E-state index contributed by atoms with van der Waals surface area (Å²) in [6.45, 7) is 8.34. The molecule has 27 heavy (non-hydrogen) atoms. The smallest absolute Gasteiger partial charge is 0.255 e. The van der Waals surface area contributed by atoms with Gasteiger partial charge in [-0.3, -0.25) is 14.5 Å². The van der Waals surface area contributed by atoms with E-state index >= 15 is 0 Å². The fraction of sp³-hybridized carbons (Fsp3) is 0.579. The van der Waals surface area contributed by atoms with Crippen molar-refractivity contribution in [3.8, 4) is 0 Å². The van der Waals surface area contributed by atoms with Crippen LogP contribution in [0.15, 0.2) is 29.2 Å². The molecule has 1 aromatic carbocycles. The van der Waals surface area contributed by atoms with Gasteiger partial charge in [-0.1, -0.05) is 12.1 Å². The van der Waals surface area contributed by atoms with Crippen molar-refractivity contribution in [2.45, 2.75) is 37.3 Å². The van der Waals surface area contributed by atoms with E-state index in [1.807, 2.05) is 11.8 Å². The van der Waals surface area contributed by atoms with E-state index in [0.717, 1.165) is 13.0 Å². The highest BCUT2D eigenvalue weighted by molar-refractivity contribution is 7.92. The third kappa shape index (κ3) is 5.29. The summed E-state index contributed by atoms with van der Waals surface area (Å²) >= 11 is 0. The highest BCUT2D eigenvalue weighted by Gasteiger charge is 2.28. The number of nitrogens with one attached hydrogen (secondary N) is 1. The summed E-state index contributed by atoms with van der Waals surface area (Å²) in [6.07, 6.45) is 0.740. The van der Waals surface area contributed by atoms with E-state index in [4.69, 9.17) is 0 Å². The van der Waals surface area contributed by atoms with Crippen molar-refractivity contribution in [3.05, 3.63) is 29.8 Å².